The minimum Gasteiger partial charge on any atom is -0.312 e. The van der Waals surface area contributed by atoms with Crippen LogP contribution in [-0.4, -0.2) is 26.0 Å². The van der Waals surface area contributed by atoms with E-state index in [9.17, 15) is 0 Å². The molecule has 0 saturated heterocycles. The molecule has 0 aliphatic carbocycles. The van der Waals surface area contributed by atoms with Crippen molar-refractivity contribution < 1.29 is 0 Å². The van der Waals surface area contributed by atoms with Gasteiger partial charge in [-0.15, -0.1) is 6.58 Å². The molecule has 0 unspecified atom stereocenters. The van der Waals surface area contributed by atoms with E-state index < -0.39 is 0 Å². The van der Waals surface area contributed by atoms with E-state index >= 15 is 0 Å². The van der Waals surface area contributed by atoms with E-state index in [2.05, 4.69) is 48.1 Å². The highest BCUT2D eigenvalue weighted by Gasteiger charge is 1.68. The molecule has 0 aliphatic rings. The van der Waals surface area contributed by atoms with Crippen LogP contribution in [0.4, 0.5) is 0 Å². The summed E-state index contributed by atoms with van der Waals surface area (Å²) >= 11 is 0. The van der Waals surface area contributed by atoms with E-state index in [4.69, 9.17) is 0 Å². The molecular weight excluding hydrogens is 230 g/mol. The van der Waals surface area contributed by atoms with Gasteiger partial charge < -0.3 is 4.90 Å². The van der Waals surface area contributed by atoms with Gasteiger partial charge in [-0.1, -0.05) is 69.4 Å². The molecule has 0 bridgehead atoms. The third-order valence-electron chi connectivity index (χ3n) is 0. The molecule has 0 atom stereocenters. The summed E-state index contributed by atoms with van der Waals surface area (Å²) in [4.78, 5) is 2.00. The van der Waals surface area contributed by atoms with Crippen molar-refractivity contribution in [3.8, 4) is 0 Å². The highest BCUT2D eigenvalue weighted by molar-refractivity contribution is 4.78. The van der Waals surface area contributed by atoms with Crippen LogP contribution in [0.1, 0.15) is 77.7 Å². The molecule has 0 rings (SSSR count). The fourth-order valence-corrected chi connectivity index (χ4v) is 0. The molecule has 1 nitrogen and oxygen atoms in total. The second-order valence-electron chi connectivity index (χ2n) is 6.01. The maximum absolute atomic E-state index is 3.56. The minimum atomic E-state index is 0. The lowest BCUT2D eigenvalue weighted by molar-refractivity contribution is 0.505. The van der Waals surface area contributed by atoms with Gasteiger partial charge in [0.05, 0.1) is 0 Å². The van der Waals surface area contributed by atoms with E-state index in [0.717, 1.165) is 11.8 Å². The molecule has 0 saturated carbocycles. The summed E-state index contributed by atoms with van der Waals surface area (Å²) in [5.41, 5.74) is 1.17. The molecule has 0 heterocycles. The van der Waals surface area contributed by atoms with E-state index in [-0.39, 0.29) is 22.3 Å². The molecule has 19 heavy (non-hydrogen) atoms. The van der Waals surface area contributed by atoms with Gasteiger partial charge in [0.1, 0.15) is 0 Å². The Labute approximate surface area is 128 Å². The van der Waals surface area contributed by atoms with Gasteiger partial charge in [0.2, 0.25) is 0 Å². The van der Waals surface area contributed by atoms with Crippen LogP contribution in [0.15, 0.2) is 12.2 Å². The van der Waals surface area contributed by atoms with Gasteiger partial charge in [-0.2, -0.15) is 0 Å². The van der Waals surface area contributed by atoms with E-state index in [0.29, 0.717) is 0 Å². The Morgan fingerprint density at radius 1 is 0.684 bits per heavy atom. The zero-order valence-electron chi connectivity index (χ0n) is 13.8. The van der Waals surface area contributed by atoms with E-state index in [1.807, 2.05) is 39.9 Å². The second-order valence-corrected chi connectivity index (χ2v) is 6.01. The average molecular weight is 280 g/mol. The van der Waals surface area contributed by atoms with Crippen molar-refractivity contribution in [2.24, 2.45) is 11.8 Å². The summed E-state index contributed by atoms with van der Waals surface area (Å²) in [6.07, 6.45) is 0. The molecular formula is C18H49N. The van der Waals surface area contributed by atoms with Crippen molar-refractivity contribution in [1.29, 1.82) is 0 Å². The van der Waals surface area contributed by atoms with Gasteiger partial charge in [-0.25, -0.2) is 0 Å². The topological polar surface area (TPSA) is 3.24 Å². The fourth-order valence-electron chi connectivity index (χ4n) is 0. The summed E-state index contributed by atoms with van der Waals surface area (Å²) in [5, 5.41) is 0. The maximum atomic E-state index is 3.56. The van der Waals surface area contributed by atoms with Gasteiger partial charge in [0.25, 0.3) is 0 Å². The van der Waals surface area contributed by atoms with Gasteiger partial charge >= 0.3 is 0 Å². The average Bonchev–Trinajstić information content (AvgIpc) is 1.76. The first-order valence-corrected chi connectivity index (χ1v) is 6.16. The highest BCUT2D eigenvalue weighted by atomic mass is 15.0. The predicted octanol–water partition coefficient (Wildman–Crippen LogP) is 6.99. The van der Waals surface area contributed by atoms with Crippen LogP contribution in [0, 0.1) is 11.8 Å². The third-order valence-corrected chi connectivity index (χ3v) is 0. The Morgan fingerprint density at radius 3 is 0.684 bits per heavy atom. The van der Waals surface area contributed by atoms with Crippen molar-refractivity contribution >= 4 is 0 Å². The third kappa shape index (κ3) is 48500. The standard InChI is InChI=1S/2C4H10.C4H8.C3H9N.3CH4/c4*1-4(2)3;;;/h2*4H,1-3H3;1H2,2-3H3;1-3H3;3*1H4. The van der Waals surface area contributed by atoms with Crippen LogP contribution < -0.4 is 0 Å². The Hall–Kier alpha value is -0.300. The van der Waals surface area contributed by atoms with Crippen LogP contribution in [0.2, 0.25) is 0 Å². The minimum absolute atomic E-state index is 0. The van der Waals surface area contributed by atoms with Crippen LogP contribution in [0.5, 0.6) is 0 Å². The van der Waals surface area contributed by atoms with Gasteiger partial charge in [-0.05, 0) is 46.8 Å². The molecule has 0 aromatic heterocycles. The zero-order valence-corrected chi connectivity index (χ0v) is 13.8. The summed E-state index contributed by atoms with van der Waals surface area (Å²) in [5.74, 6) is 1.67. The monoisotopic (exact) mass is 279 g/mol. The smallest absolute Gasteiger partial charge is 0.0140 e. The number of hydrogen-bond donors (Lipinski definition) is 0. The summed E-state index contributed by atoms with van der Waals surface area (Å²) in [7, 11) is 6.00. The molecule has 0 aliphatic heterocycles. The summed E-state index contributed by atoms with van der Waals surface area (Å²) < 4.78 is 0. The SMILES string of the molecule is C.C.C.C=C(C)C.CC(C)C.CC(C)C.CN(C)C. The fraction of sp³-hybridized carbons (Fsp3) is 0.889. The Balaban J connectivity index is -0.0000000192. The van der Waals surface area contributed by atoms with Gasteiger partial charge in [-0.3, -0.25) is 0 Å². The van der Waals surface area contributed by atoms with Crippen LogP contribution in [-0.2, 0) is 0 Å². The summed E-state index contributed by atoms with van der Waals surface area (Å²) in [6, 6.07) is 0. The highest BCUT2D eigenvalue weighted by Crippen LogP contribution is 1.81. The first kappa shape index (κ1) is 42.8. The van der Waals surface area contributed by atoms with E-state index in [1.54, 1.807) is 0 Å². The van der Waals surface area contributed by atoms with Crippen molar-refractivity contribution in [3.63, 3.8) is 0 Å². The lowest BCUT2D eigenvalue weighted by Gasteiger charge is -1.90. The van der Waals surface area contributed by atoms with Crippen molar-refractivity contribution in [1.82, 2.24) is 4.90 Å². The van der Waals surface area contributed by atoms with Crippen LogP contribution >= 0.6 is 0 Å². The van der Waals surface area contributed by atoms with Crippen molar-refractivity contribution in [3.05, 3.63) is 12.2 Å². The second kappa shape index (κ2) is 36.1. The Kier molecular flexibility index (Phi) is 81.2. The van der Waals surface area contributed by atoms with Crippen LogP contribution in [0.3, 0.4) is 0 Å². The molecule has 0 amide bonds. The number of hydrogen-bond acceptors (Lipinski definition) is 1. The molecule has 0 radical (unpaired) electrons. The molecule has 0 aromatic carbocycles. The molecule has 126 valence electrons. The Bertz CT molecular complexity index is 86.3. The predicted molar refractivity (Wildman–Crippen MR) is 101 cm³/mol. The normalized spacial score (nSPS) is 7.05. The first-order chi connectivity index (χ1) is 6.93. The van der Waals surface area contributed by atoms with Crippen molar-refractivity contribution in [2.75, 3.05) is 21.1 Å². The molecule has 0 spiro atoms. The molecule has 0 aromatic rings. The van der Waals surface area contributed by atoms with Gasteiger partial charge in [0, 0.05) is 0 Å². The number of rotatable bonds is 0. The van der Waals surface area contributed by atoms with Gasteiger partial charge in [0.15, 0.2) is 0 Å². The number of nitrogens with zero attached hydrogens (tertiary/aromatic N) is 1. The molecule has 0 fully saturated rings. The number of allylic oxidation sites excluding steroid dienone is 1. The Morgan fingerprint density at radius 2 is 0.684 bits per heavy atom. The lowest BCUT2D eigenvalue weighted by atomic mass is 10.3. The largest absolute Gasteiger partial charge is 0.312 e. The lowest BCUT2D eigenvalue weighted by Crippen LogP contribution is -1.99. The van der Waals surface area contributed by atoms with E-state index in [1.165, 1.54) is 5.57 Å². The first-order valence-electron chi connectivity index (χ1n) is 6.16. The molecule has 1 heteroatoms. The maximum Gasteiger partial charge on any atom is -0.0140 e. The van der Waals surface area contributed by atoms with Crippen LogP contribution in [0.25, 0.3) is 0 Å². The van der Waals surface area contributed by atoms with Crippen molar-refractivity contribution in [2.45, 2.75) is 77.7 Å². The summed E-state index contributed by atoms with van der Waals surface area (Å²) in [6.45, 7) is 20.5. The quantitative estimate of drug-likeness (QED) is 0.432. The zero-order chi connectivity index (χ0) is 14.3. The molecule has 0 N–H and O–H groups in total.